The Labute approximate surface area is 128 Å². The average Bonchev–Trinajstić information content (AvgIpc) is 2.55. The van der Waals surface area contributed by atoms with Crippen molar-refractivity contribution < 1.29 is 0 Å². The summed E-state index contributed by atoms with van der Waals surface area (Å²) in [5, 5.41) is 6.24. The molecular formula is C16H16N6. The summed E-state index contributed by atoms with van der Waals surface area (Å²) in [5.74, 6) is 1.33. The van der Waals surface area contributed by atoms with E-state index in [0.717, 1.165) is 28.5 Å². The second kappa shape index (κ2) is 6.17. The van der Waals surface area contributed by atoms with Crippen LogP contribution in [0.25, 0.3) is 11.3 Å². The lowest BCUT2D eigenvalue weighted by molar-refractivity contribution is 1.10. The van der Waals surface area contributed by atoms with Crippen LogP contribution in [0.1, 0.15) is 5.69 Å². The second-order valence-corrected chi connectivity index (χ2v) is 4.76. The maximum atomic E-state index is 4.39. The molecule has 0 amide bonds. The Bertz CT molecular complexity index is 773. The highest BCUT2D eigenvalue weighted by atomic mass is 15.1. The van der Waals surface area contributed by atoms with Gasteiger partial charge in [-0.25, -0.2) is 4.98 Å². The van der Waals surface area contributed by atoms with Gasteiger partial charge in [0.2, 0.25) is 5.95 Å². The van der Waals surface area contributed by atoms with Gasteiger partial charge >= 0.3 is 0 Å². The highest BCUT2D eigenvalue weighted by Crippen LogP contribution is 2.22. The predicted octanol–water partition coefficient (Wildman–Crippen LogP) is 3.03. The summed E-state index contributed by atoms with van der Waals surface area (Å²) in [4.78, 5) is 17.1. The summed E-state index contributed by atoms with van der Waals surface area (Å²) >= 11 is 0. The number of aryl methyl sites for hydroxylation is 1. The van der Waals surface area contributed by atoms with Crippen molar-refractivity contribution in [1.82, 2.24) is 19.9 Å². The number of nitrogens with one attached hydrogen (secondary N) is 2. The molecule has 2 N–H and O–H groups in total. The van der Waals surface area contributed by atoms with Gasteiger partial charge in [-0.05, 0) is 19.1 Å². The van der Waals surface area contributed by atoms with Gasteiger partial charge in [0.25, 0.3) is 0 Å². The maximum absolute atomic E-state index is 4.39. The first-order chi connectivity index (χ1) is 10.7. The zero-order chi connectivity index (χ0) is 15.4. The molecule has 0 bridgehead atoms. The summed E-state index contributed by atoms with van der Waals surface area (Å²) in [6.45, 7) is 1.93. The van der Waals surface area contributed by atoms with Gasteiger partial charge in [-0.3, -0.25) is 9.97 Å². The van der Waals surface area contributed by atoms with Crippen LogP contribution in [0.5, 0.6) is 0 Å². The van der Waals surface area contributed by atoms with Crippen molar-refractivity contribution in [3.8, 4) is 11.3 Å². The van der Waals surface area contributed by atoms with Crippen molar-refractivity contribution in [2.75, 3.05) is 17.7 Å². The van der Waals surface area contributed by atoms with Gasteiger partial charge in [-0.1, -0.05) is 12.1 Å². The summed E-state index contributed by atoms with van der Waals surface area (Å²) in [5.41, 5.74) is 3.66. The maximum Gasteiger partial charge on any atom is 0.224 e. The quantitative estimate of drug-likeness (QED) is 0.770. The zero-order valence-electron chi connectivity index (χ0n) is 12.4. The monoisotopic (exact) mass is 292 g/mol. The SMILES string of the molecule is CNc1nc(C)cc(Nc2cccc(-c3cnccn3)c2)n1. The molecule has 0 atom stereocenters. The van der Waals surface area contributed by atoms with Crippen LogP contribution in [0.4, 0.5) is 17.5 Å². The Balaban J connectivity index is 1.89. The molecule has 0 saturated heterocycles. The molecule has 22 heavy (non-hydrogen) atoms. The summed E-state index contributed by atoms with van der Waals surface area (Å²) in [6.07, 6.45) is 5.09. The van der Waals surface area contributed by atoms with Crippen molar-refractivity contribution in [3.05, 3.63) is 54.6 Å². The van der Waals surface area contributed by atoms with E-state index in [1.165, 1.54) is 0 Å². The molecule has 110 valence electrons. The molecule has 0 radical (unpaired) electrons. The van der Waals surface area contributed by atoms with Crippen molar-refractivity contribution in [2.45, 2.75) is 6.92 Å². The third kappa shape index (κ3) is 3.17. The Morgan fingerprint density at radius 1 is 1.05 bits per heavy atom. The first-order valence-corrected chi connectivity index (χ1v) is 6.91. The van der Waals surface area contributed by atoms with E-state index in [4.69, 9.17) is 0 Å². The Morgan fingerprint density at radius 3 is 2.73 bits per heavy atom. The van der Waals surface area contributed by atoms with Crippen LogP contribution in [0.3, 0.4) is 0 Å². The third-order valence-electron chi connectivity index (χ3n) is 3.07. The molecule has 0 unspecified atom stereocenters. The van der Waals surface area contributed by atoms with Gasteiger partial charge in [0, 0.05) is 42.5 Å². The fourth-order valence-corrected chi connectivity index (χ4v) is 2.10. The number of hydrogen-bond donors (Lipinski definition) is 2. The molecule has 3 rings (SSSR count). The van der Waals surface area contributed by atoms with Crippen LogP contribution in [-0.4, -0.2) is 27.0 Å². The summed E-state index contributed by atoms with van der Waals surface area (Å²) in [6, 6.07) is 9.87. The lowest BCUT2D eigenvalue weighted by Crippen LogP contribution is -2.02. The zero-order valence-corrected chi connectivity index (χ0v) is 12.4. The predicted molar refractivity (Wildman–Crippen MR) is 87.1 cm³/mol. The van der Waals surface area contributed by atoms with E-state index >= 15 is 0 Å². The van der Waals surface area contributed by atoms with Gasteiger partial charge in [-0.2, -0.15) is 4.98 Å². The molecule has 0 fully saturated rings. The molecule has 0 aliphatic carbocycles. The molecule has 1 aromatic carbocycles. The summed E-state index contributed by atoms with van der Waals surface area (Å²) < 4.78 is 0. The highest BCUT2D eigenvalue weighted by Gasteiger charge is 2.04. The van der Waals surface area contributed by atoms with Crippen LogP contribution in [0.15, 0.2) is 48.9 Å². The van der Waals surface area contributed by atoms with E-state index in [2.05, 4.69) is 30.6 Å². The van der Waals surface area contributed by atoms with Crippen LogP contribution < -0.4 is 10.6 Å². The first-order valence-electron chi connectivity index (χ1n) is 6.91. The van der Waals surface area contributed by atoms with Crippen molar-refractivity contribution in [2.24, 2.45) is 0 Å². The molecule has 0 aliphatic rings. The topological polar surface area (TPSA) is 75.6 Å². The van der Waals surface area contributed by atoms with Crippen molar-refractivity contribution >= 4 is 17.5 Å². The second-order valence-electron chi connectivity index (χ2n) is 4.76. The van der Waals surface area contributed by atoms with Crippen LogP contribution in [0, 0.1) is 6.92 Å². The van der Waals surface area contributed by atoms with Gasteiger partial charge in [0.1, 0.15) is 5.82 Å². The first kappa shape index (κ1) is 13.9. The molecule has 0 spiro atoms. The van der Waals surface area contributed by atoms with E-state index in [0.29, 0.717) is 5.95 Å². The Kier molecular flexibility index (Phi) is 3.91. The minimum atomic E-state index is 0.590. The highest BCUT2D eigenvalue weighted by molar-refractivity contribution is 5.67. The molecular weight excluding hydrogens is 276 g/mol. The largest absolute Gasteiger partial charge is 0.357 e. The van der Waals surface area contributed by atoms with Gasteiger partial charge in [0.15, 0.2) is 0 Å². The van der Waals surface area contributed by atoms with Crippen molar-refractivity contribution in [3.63, 3.8) is 0 Å². The lowest BCUT2D eigenvalue weighted by Gasteiger charge is -2.09. The fraction of sp³-hybridized carbons (Fsp3) is 0.125. The number of benzene rings is 1. The van der Waals surface area contributed by atoms with Crippen LogP contribution in [-0.2, 0) is 0 Å². The molecule has 6 heteroatoms. The van der Waals surface area contributed by atoms with Crippen molar-refractivity contribution in [1.29, 1.82) is 0 Å². The summed E-state index contributed by atoms with van der Waals surface area (Å²) in [7, 11) is 1.80. The minimum absolute atomic E-state index is 0.590. The molecule has 6 nitrogen and oxygen atoms in total. The van der Waals surface area contributed by atoms with E-state index < -0.39 is 0 Å². The van der Waals surface area contributed by atoms with E-state index in [-0.39, 0.29) is 0 Å². The lowest BCUT2D eigenvalue weighted by atomic mass is 10.1. The number of nitrogens with zero attached hydrogens (tertiary/aromatic N) is 4. The van der Waals surface area contributed by atoms with Gasteiger partial charge in [0.05, 0.1) is 11.9 Å². The van der Waals surface area contributed by atoms with Crippen LogP contribution >= 0.6 is 0 Å². The number of anilines is 3. The normalized spacial score (nSPS) is 10.3. The van der Waals surface area contributed by atoms with E-state index in [1.807, 2.05) is 37.3 Å². The number of hydrogen-bond acceptors (Lipinski definition) is 6. The molecule has 0 saturated carbocycles. The molecule has 2 heterocycles. The van der Waals surface area contributed by atoms with E-state index in [1.54, 1.807) is 25.6 Å². The number of aromatic nitrogens is 4. The number of rotatable bonds is 4. The molecule has 2 aromatic heterocycles. The standard InChI is InChI=1S/C16H16N6/c1-11-8-15(22-16(17-2)20-11)21-13-5-3-4-12(9-13)14-10-18-6-7-19-14/h3-10H,1-2H3,(H2,17,20,21,22). The molecule has 0 aliphatic heterocycles. The minimum Gasteiger partial charge on any atom is -0.357 e. The van der Waals surface area contributed by atoms with Gasteiger partial charge < -0.3 is 10.6 Å². The smallest absolute Gasteiger partial charge is 0.224 e. The average molecular weight is 292 g/mol. The van der Waals surface area contributed by atoms with Gasteiger partial charge in [-0.15, -0.1) is 0 Å². The Morgan fingerprint density at radius 2 is 1.95 bits per heavy atom. The third-order valence-corrected chi connectivity index (χ3v) is 3.07. The van der Waals surface area contributed by atoms with Crippen LogP contribution in [0.2, 0.25) is 0 Å². The Hall–Kier alpha value is -3.02. The fourth-order valence-electron chi connectivity index (χ4n) is 2.10. The van der Waals surface area contributed by atoms with E-state index in [9.17, 15) is 0 Å². The molecule has 3 aromatic rings.